The molecule has 3 aromatic rings. The Morgan fingerprint density at radius 1 is 1.17 bits per heavy atom. The third kappa shape index (κ3) is 5.85. The van der Waals surface area contributed by atoms with Crippen LogP contribution >= 0.6 is 34.5 Å². The number of rotatable bonds is 6. The fourth-order valence-corrected chi connectivity index (χ4v) is 3.67. The zero-order chi connectivity index (χ0) is 21.0. The summed E-state index contributed by atoms with van der Waals surface area (Å²) in [5.74, 6) is 0.270. The number of aryl methyl sites for hydroxylation is 1. The molecule has 0 spiro atoms. The van der Waals surface area contributed by atoms with E-state index in [0.29, 0.717) is 33.2 Å². The number of amides is 1. The van der Waals surface area contributed by atoms with Gasteiger partial charge >= 0.3 is 6.09 Å². The SMILES string of the molecule is Cc1sc(Nc2cc(NC(=O)OCC(C)C)ccc2Cl)nc1-c1ccc(Cl)cc1. The van der Waals surface area contributed by atoms with Crippen molar-refractivity contribution in [1.82, 2.24) is 4.98 Å². The largest absolute Gasteiger partial charge is 0.449 e. The van der Waals surface area contributed by atoms with Gasteiger partial charge in [0.05, 0.1) is 23.0 Å². The monoisotopic (exact) mass is 449 g/mol. The molecule has 0 aliphatic heterocycles. The highest BCUT2D eigenvalue weighted by molar-refractivity contribution is 7.16. The van der Waals surface area contributed by atoms with Gasteiger partial charge < -0.3 is 10.1 Å². The van der Waals surface area contributed by atoms with Gasteiger partial charge in [0.15, 0.2) is 5.13 Å². The Balaban J connectivity index is 1.75. The third-order valence-electron chi connectivity index (χ3n) is 3.92. The number of benzene rings is 2. The number of hydrogen-bond acceptors (Lipinski definition) is 5. The van der Waals surface area contributed by atoms with Crippen molar-refractivity contribution < 1.29 is 9.53 Å². The molecule has 152 valence electrons. The lowest BCUT2D eigenvalue weighted by Gasteiger charge is -2.11. The second kappa shape index (κ2) is 9.48. The van der Waals surface area contributed by atoms with Crippen LogP contribution in [-0.4, -0.2) is 17.7 Å². The van der Waals surface area contributed by atoms with Crippen LogP contribution in [0.1, 0.15) is 18.7 Å². The minimum atomic E-state index is -0.498. The van der Waals surface area contributed by atoms with E-state index in [9.17, 15) is 4.79 Å². The van der Waals surface area contributed by atoms with Gasteiger partial charge in [0.25, 0.3) is 0 Å². The predicted molar refractivity (Wildman–Crippen MR) is 122 cm³/mol. The Hall–Kier alpha value is -2.28. The average Bonchev–Trinajstić information content (AvgIpc) is 3.03. The number of anilines is 3. The molecular formula is C21H21Cl2N3O2S. The van der Waals surface area contributed by atoms with Crippen LogP contribution in [-0.2, 0) is 4.74 Å². The molecule has 1 amide bonds. The highest BCUT2D eigenvalue weighted by atomic mass is 35.5. The van der Waals surface area contributed by atoms with E-state index in [4.69, 9.17) is 27.9 Å². The summed E-state index contributed by atoms with van der Waals surface area (Å²) in [6, 6.07) is 12.7. The molecule has 0 saturated heterocycles. The van der Waals surface area contributed by atoms with Crippen molar-refractivity contribution >= 4 is 57.1 Å². The van der Waals surface area contributed by atoms with Gasteiger partial charge in [0.2, 0.25) is 0 Å². The van der Waals surface area contributed by atoms with Crippen LogP contribution in [0.5, 0.6) is 0 Å². The first kappa shape index (κ1) is 21.4. The molecule has 1 heterocycles. The highest BCUT2D eigenvalue weighted by Crippen LogP contribution is 2.35. The second-order valence-corrected chi connectivity index (χ2v) is 8.91. The van der Waals surface area contributed by atoms with Crippen LogP contribution in [0, 0.1) is 12.8 Å². The lowest BCUT2D eigenvalue weighted by molar-refractivity contribution is 0.147. The van der Waals surface area contributed by atoms with E-state index in [1.807, 2.05) is 45.0 Å². The Kier molecular flexibility index (Phi) is 7.00. The first-order valence-corrected chi connectivity index (χ1v) is 10.6. The molecule has 0 unspecified atom stereocenters. The van der Waals surface area contributed by atoms with Gasteiger partial charge in [-0.25, -0.2) is 9.78 Å². The number of nitrogens with zero attached hydrogens (tertiary/aromatic N) is 1. The molecule has 0 aliphatic carbocycles. The van der Waals surface area contributed by atoms with Gasteiger partial charge in [-0.3, -0.25) is 5.32 Å². The molecule has 1 aromatic heterocycles. The van der Waals surface area contributed by atoms with E-state index in [0.717, 1.165) is 16.1 Å². The number of carbonyl (C=O) groups excluding carboxylic acids is 1. The average molecular weight is 450 g/mol. The van der Waals surface area contributed by atoms with E-state index in [1.165, 1.54) is 11.3 Å². The standard InChI is InChI=1S/C21H21Cl2N3O2S/c1-12(2)11-28-21(27)24-16-8-9-17(23)18(10-16)25-20-26-19(13(3)29-20)14-4-6-15(22)7-5-14/h4-10,12H,11H2,1-3H3,(H,24,27)(H,25,26). The summed E-state index contributed by atoms with van der Waals surface area (Å²) in [6.45, 7) is 6.32. The first-order chi connectivity index (χ1) is 13.8. The van der Waals surface area contributed by atoms with Crippen LogP contribution in [0.15, 0.2) is 42.5 Å². The van der Waals surface area contributed by atoms with Gasteiger partial charge in [-0.1, -0.05) is 49.2 Å². The van der Waals surface area contributed by atoms with Gasteiger partial charge in [0.1, 0.15) is 0 Å². The van der Waals surface area contributed by atoms with Crippen LogP contribution in [0.25, 0.3) is 11.3 Å². The fourth-order valence-electron chi connectivity index (χ4n) is 2.54. The maximum Gasteiger partial charge on any atom is 0.411 e. The molecule has 0 saturated carbocycles. The highest BCUT2D eigenvalue weighted by Gasteiger charge is 2.12. The third-order valence-corrected chi connectivity index (χ3v) is 5.38. The molecule has 0 fully saturated rings. The molecule has 0 radical (unpaired) electrons. The summed E-state index contributed by atoms with van der Waals surface area (Å²) in [5.41, 5.74) is 3.10. The van der Waals surface area contributed by atoms with E-state index < -0.39 is 6.09 Å². The summed E-state index contributed by atoms with van der Waals surface area (Å²) in [4.78, 5) is 17.6. The summed E-state index contributed by atoms with van der Waals surface area (Å²) >= 11 is 13.8. The number of carbonyl (C=O) groups is 1. The van der Waals surface area contributed by atoms with Crippen molar-refractivity contribution in [3.63, 3.8) is 0 Å². The molecule has 0 bridgehead atoms. The fraction of sp³-hybridized carbons (Fsp3) is 0.238. The van der Waals surface area contributed by atoms with Crippen molar-refractivity contribution in [3.05, 3.63) is 57.4 Å². The molecule has 8 heteroatoms. The van der Waals surface area contributed by atoms with Gasteiger partial charge in [-0.15, -0.1) is 11.3 Å². The molecule has 5 nitrogen and oxygen atoms in total. The number of halogens is 2. The van der Waals surface area contributed by atoms with Crippen LogP contribution in [0.3, 0.4) is 0 Å². The Morgan fingerprint density at radius 2 is 1.90 bits per heavy atom. The zero-order valence-electron chi connectivity index (χ0n) is 16.3. The maximum absolute atomic E-state index is 11.9. The van der Waals surface area contributed by atoms with Gasteiger partial charge in [-0.05, 0) is 43.2 Å². The molecule has 2 N–H and O–H groups in total. The van der Waals surface area contributed by atoms with Gasteiger partial charge in [-0.2, -0.15) is 0 Å². The summed E-state index contributed by atoms with van der Waals surface area (Å²) in [7, 11) is 0. The lowest BCUT2D eigenvalue weighted by atomic mass is 10.1. The smallest absolute Gasteiger partial charge is 0.411 e. The van der Waals surface area contributed by atoms with Gasteiger partial charge in [0, 0.05) is 21.2 Å². The molecular weight excluding hydrogens is 429 g/mol. The molecule has 29 heavy (non-hydrogen) atoms. The van der Waals surface area contributed by atoms with Crippen LogP contribution < -0.4 is 10.6 Å². The number of hydrogen-bond donors (Lipinski definition) is 2. The topological polar surface area (TPSA) is 63.2 Å². The zero-order valence-corrected chi connectivity index (χ0v) is 18.6. The van der Waals surface area contributed by atoms with Crippen molar-refractivity contribution in [1.29, 1.82) is 0 Å². The van der Waals surface area contributed by atoms with Crippen LogP contribution in [0.4, 0.5) is 21.3 Å². The molecule has 0 atom stereocenters. The second-order valence-electron chi connectivity index (χ2n) is 6.87. The number of aromatic nitrogens is 1. The van der Waals surface area contributed by atoms with Crippen molar-refractivity contribution in [2.24, 2.45) is 5.92 Å². The predicted octanol–water partition coefficient (Wildman–Crippen LogP) is 7.37. The summed E-state index contributed by atoms with van der Waals surface area (Å²) < 4.78 is 5.15. The van der Waals surface area contributed by atoms with Crippen molar-refractivity contribution in [2.75, 3.05) is 17.2 Å². The quantitative estimate of drug-likeness (QED) is 0.412. The number of thiazole rings is 1. The maximum atomic E-state index is 11.9. The minimum Gasteiger partial charge on any atom is -0.449 e. The van der Waals surface area contributed by atoms with Crippen molar-refractivity contribution in [3.8, 4) is 11.3 Å². The molecule has 2 aromatic carbocycles. The van der Waals surface area contributed by atoms with E-state index >= 15 is 0 Å². The lowest BCUT2D eigenvalue weighted by Crippen LogP contribution is -2.16. The van der Waals surface area contributed by atoms with Crippen molar-refractivity contribution in [2.45, 2.75) is 20.8 Å². The normalized spacial score (nSPS) is 10.8. The van der Waals surface area contributed by atoms with E-state index in [-0.39, 0.29) is 5.92 Å². The Labute approximate surface area is 184 Å². The number of ether oxygens (including phenoxy) is 1. The first-order valence-electron chi connectivity index (χ1n) is 9.05. The van der Waals surface area contributed by atoms with E-state index in [1.54, 1.807) is 18.2 Å². The molecule has 0 aliphatic rings. The summed E-state index contributed by atoms with van der Waals surface area (Å²) in [5, 5.41) is 7.85. The minimum absolute atomic E-state index is 0.270. The van der Waals surface area contributed by atoms with Crippen LogP contribution in [0.2, 0.25) is 10.0 Å². The Morgan fingerprint density at radius 3 is 2.59 bits per heavy atom. The molecule has 3 rings (SSSR count). The summed E-state index contributed by atoms with van der Waals surface area (Å²) in [6.07, 6.45) is -0.498. The van der Waals surface area contributed by atoms with E-state index in [2.05, 4.69) is 15.6 Å². The Bertz CT molecular complexity index is 1000. The number of nitrogens with one attached hydrogen (secondary N) is 2.